The number of nitrogens with zero attached hydrogens (tertiary/aromatic N) is 1. The Morgan fingerprint density at radius 1 is 1.67 bits per heavy atom. The Morgan fingerprint density at radius 2 is 2.33 bits per heavy atom. The Kier molecular flexibility index (Phi) is 3.59. The van der Waals surface area contributed by atoms with E-state index in [1.54, 1.807) is 0 Å². The van der Waals surface area contributed by atoms with Gasteiger partial charge in [0.25, 0.3) is 0 Å². The minimum absolute atomic E-state index is 0.0565. The molecule has 1 unspecified atom stereocenters. The Labute approximate surface area is 86.4 Å². The van der Waals surface area contributed by atoms with Crippen LogP contribution >= 0.6 is 0 Å². The van der Waals surface area contributed by atoms with E-state index in [0.717, 1.165) is 0 Å². The number of hydrogen-bond donors (Lipinski definition) is 2. The first-order valence-corrected chi connectivity index (χ1v) is 4.30. The second kappa shape index (κ2) is 4.72. The maximum absolute atomic E-state index is 10.6. The van der Waals surface area contributed by atoms with E-state index in [-0.39, 0.29) is 18.0 Å². The van der Waals surface area contributed by atoms with Crippen molar-refractivity contribution in [2.45, 2.75) is 6.10 Å². The van der Waals surface area contributed by atoms with Crippen LogP contribution in [0.5, 0.6) is 5.75 Å². The van der Waals surface area contributed by atoms with Crippen LogP contribution < -0.4 is 10.5 Å². The lowest BCUT2D eigenvalue weighted by Gasteiger charge is -2.09. The molecule has 0 saturated carbocycles. The highest BCUT2D eigenvalue weighted by atomic mass is 16.6. The van der Waals surface area contributed by atoms with E-state index in [9.17, 15) is 15.2 Å². The molecule has 0 fully saturated rings. The van der Waals surface area contributed by atoms with Gasteiger partial charge in [-0.05, 0) is 17.7 Å². The van der Waals surface area contributed by atoms with Gasteiger partial charge in [0.05, 0.1) is 18.1 Å². The summed E-state index contributed by atoms with van der Waals surface area (Å²) in [5, 5.41) is 20.0. The minimum Gasteiger partial charge on any atom is -0.490 e. The number of rotatable bonds is 4. The Morgan fingerprint density at radius 3 is 2.80 bits per heavy atom. The smallest absolute Gasteiger partial charge is 0.310 e. The van der Waals surface area contributed by atoms with Gasteiger partial charge < -0.3 is 15.6 Å². The molecule has 0 heterocycles. The monoisotopic (exact) mass is 212 g/mol. The lowest BCUT2D eigenvalue weighted by molar-refractivity contribution is -0.385. The van der Waals surface area contributed by atoms with Crippen LogP contribution in [0.15, 0.2) is 18.2 Å². The molecule has 6 nitrogen and oxygen atoms in total. The third-order valence-electron chi connectivity index (χ3n) is 2.01. The van der Waals surface area contributed by atoms with Gasteiger partial charge in [-0.15, -0.1) is 0 Å². The zero-order valence-electron chi connectivity index (χ0n) is 8.21. The molecule has 3 N–H and O–H groups in total. The van der Waals surface area contributed by atoms with Crippen molar-refractivity contribution in [1.82, 2.24) is 0 Å². The van der Waals surface area contributed by atoms with E-state index >= 15 is 0 Å². The van der Waals surface area contributed by atoms with Gasteiger partial charge in [0.1, 0.15) is 0 Å². The molecule has 1 aromatic carbocycles. The third-order valence-corrected chi connectivity index (χ3v) is 2.01. The SMILES string of the molecule is COc1cc(C(O)CN)ccc1[N+](=O)[O-]. The fourth-order valence-electron chi connectivity index (χ4n) is 1.19. The molecule has 0 saturated heterocycles. The summed E-state index contributed by atoms with van der Waals surface area (Å²) in [6.07, 6.45) is -0.834. The molecule has 1 rings (SSSR count). The van der Waals surface area contributed by atoms with Crippen LogP contribution in [-0.4, -0.2) is 23.7 Å². The van der Waals surface area contributed by atoms with Crippen molar-refractivity contribution >= 4 is 5.69 Å². The molecule has 82 valence electrons. The number of nitro groups is 1. The second-order valence-electron chi connectivity index (χ2n) is 2.94. The van der Waals surface area contributed by atoms with Gasteiger partial charge in [0, 0.05) is 12.6 Å². The second-order valence-corrected chi connectivity index (χ2v) is 2.94. The molecule has 0 aliphatic heterocycles. The summed E-state index contributed by atoms with van der Waals surface area (Å²) in [7, 11) is 1.33. The number of aliphatic hydroxyl groups excluding tert-OH is 1. The summed E-state index contributed by atoms with van der Waals surface area (Å²) in [5.41, 5.74) is 5.63. The topological polar surface area (TPSA) is 98.6 Å². The zero-order chi connectivity index (χ0) is 11.4. The molecular weight excluding hydrogens is 200 g/mol. The van der Waals surface area contributed by atoms with Crippen molar-refractivity contribution in [3.8, 4) is 5.75 Å². The third kappa shape index (κ3) is 2.42. The van der Waals surface area contributed by atoms with Crippen LogP contribution in [0.1, 0.15) is 11.7 Å². The molecule has 0 aromatic heterocycles. The zero-order valence-corrected chi connectivity index (χ0v) is 8.21. The van der Waals surface area contributed by atoms with Crippen LogP contribution in [0.25, 0.3) is 0 Å². The van der Waals surface area contributed by atoms with Gasteiger partial charge in [-0.3, -0.25) is 10.1 Å². The van der Waals surface area contributed by atoms with Crippen molar-refractivity contribution in [2.75, 3.05) is 13.7 Å². The van der Waals surface area contributed by atoms with E-state index in [1.165, 1.54) is 25.3 Å². The van der Waals surface area contributed by atoms with Crippen LogP contribution in [-0.2, 0) is 0 Å². The van der Waals surface area contributed by atoms with E-state index in [1.807, 2.05) is 0 Å². The fraction of sp³-hybridized carbons (Fsp3) is 0.333. The Hall–Kier alpha value is -1.66. The van der Waals surface area contributed by atoms with E-state index < -0.39 is 11.0 Å². The number of methoxy groups -OCH3 is 1. The molecule has 0 spiro atoms. The normalized spacial score (nSPS) is 12.2. The van der Waals surface area contributed by atoms with Gasteiger partial charge in [-0.2, -0.15) is 0 Å². The average Bonchev–Trinajstić information content (AvgIpc) is 2.26. The minimum atomic E-state index is -0.834. The molecule has 1 atom stereocenters. The highest BCUT2D eigenvalue weighted by Gasteiger charge is 2.16. The highest BCUT2D eigenvalue weighted by Crippen LogP contribution is 2.29. The summed E-state index contributed by atoms with van der Waals surface area (Å²) >= 11 is 0. The number of nitrogens with two attached hydrogens (primary N) is 1. The van der Waals surface area contributed by atoms with E-state index in [2.05, 4.69) is 0 Å². The number of aliphatic hydroxyl groups is 1. The van der Waals surface area contributed by atoms with Crippen molar-refractivity contribution in [2.24, 2.45) is 5.73 Å². The van der Waals surface area contributed by atoms with Gasteiger partial charge in [-0.25, -0.2) is 0 Å². The van der Waals surface area contributed by atoms with Crippen LogP contribution in [0.3, 0.4) is 0 Å². The molecule has 0 aliphatic carbocycles. The lowest BCUT2D eigenvalue weighted by atomic mass is 10.1. The molecule has 0 amide bonds. The number of ether oxygens (including phenoxy) is 1. The first-order valence-electron chi connectivity index (χ1n) is 4.30. The van der Waals surface area contributed by atoms with Gasteiger partial charge in [0.15, 0.2) is 5.75 Å². The first-order chi connectivity index (χ1) is 7.10. The van der Waals surface area contributed by atoms with Crippen molar-refractivity contribution in [3.05, 3.63) is 33.9 Å². The molecule has 15 heavy (non-hydrogen) atoms. The standard InChI is InChI=1S/C9H12N2O4/c1-15-9-4-6(8(12)5-10)2-3-7(9)11(13)14/h2-4,8,12H,5,10H2,1H3. The molecule has 0 radical (unpaired) electrons. The molecule has 1 aromatic rings. The summed E-state index contributed by atoms with van der Waals surface area (Å²) in [5.74, 6) is 0.116. The summed E-state index contributed by atoms with van der Waals surface area (Å²) in [6.45, 7) is 0.0565. The van der Waals surface area contributed by atoms with E-state index in [4.69, 9.17) is 10.5 Å². The molecule has 6 heteroatoms. The van der Waals surface area contributed by atoms with Crippen molar-refractivity contribution in [1.29, 1.82) is 0 Å². The van der Waals surface area contributed by atoms with Crippen LogP contribution in [0.2, 0.25) is 0 Å². The van der Waals surface area contributed by atoms with Crippen molar-refractivity contribution in [3.63, 3.8) is 0 Å². The fourth-order valence-corrected chi connectivity index (χ4v) is 1.19. The highest BCUT2D eigenvalue weighted by molar-refractivity contribution is 5.48. The maximum Gasteiger partial charge on any atom is 0.310 e. The van der Waals surface area contributed by atoms with Crippen LogP contribution in [0.4, 0.5) is 5.69 Å². The summed E-state index contributed by atoms with van der Waals surface area (Å²) in [6, 6.07) is 4.15. The van der Waals surface area contributed by atoms with Crippen LogP contribution in [0, 0.1) is 10.1 Å². The number of nitro benzene ring substituents is 1. The molecule has 0 aliphatic rings. The number of hydrogen-bond acceptors (Lipinski definition) is 5. The van der Waals surface area contributed by atoms with Gasteiger partial charge in [0.2, 0.25) is 0 Å². The molecule has 0 bridgehead atoms. The molecular formula is C9H12N2O4. The summed E-state index contributed by atoms with van der Waals surface area (Å²) < 4.78 is 4.85. The quantitative estimate of drug-likeness (QED) is 0.562. The largest absolute Gasteiger partial charge is 0.490 e. The van der Waals surface area contributed by atoms with E-state index in [0.29, 0.717) is 5.56 Å². The van der Waals surface area contributed by atoms with Crippen molar-refractivity contribution < 1.29 is 14.8 Å². The van der Waals surface area contributed by atoms with Gasteiger partial charge in [-0.1, -0.05) is 0 Å². The predicted molar refractivity (Wildman–Crippen MR) is 53.7 cm³/mol. The summed E-state index contributed by atoms with van der Waals surface area (Å²) in [4.78, 5) is 10.0. The Balaban J connectivity index is 3.13. The predicted octanol–water partition coefficient (Wildman–Crippen LogP) is 0.595. The first kappa shape index (κ1) is 11.4. The van der Waals surface area contributed by atoms with Gasteiger partial charge >= 0.3 is 5.69 Å². The number of benzene rings is 1. The average molecular weight is 212 g/mol. The Bertz CT molecular complexity index is 367. The lowest BCUT2D eigenvalue weighted by Crippen LogP contribution is -2.11. The maximum atomic E-state index is 10.6.